The number of aliphatic hydroxyl groups excluding tert-OH is 1. The summed E-state index contributed by atoms with van der Waals surface area (Å²) in [6.45, 7) is 16.3. The summed E-state index contributed by atoms with van der Waals surface area (Å²) in [5, 5.41) is 8.75. The number of carbonyl (C=O) groups is 1. The fraction of sp³-hybridized carbons (Fsp3) is 0.696. The van der Waals surface area contributed by atoms with Gasteiger partial charge in [0.2, 0.25) is 0 Å². The van der Waals surface area contributed by atoms with Crippen molar-refractivity contribution in [3.8, 4) is 5.75 Å². The van der Waals surface area contributed by atoms with Crippen LogP contribution >= 0.6 is 0 Å². The lowest BCUT2D eigenvalue weighted by atomic mass is 9.78. The molecule has 154 valence electrons. The number of hydrogen-bond acceptors (Lipinski definition) is 4. The van der Waals surface area contributed by atoms with Crippen LogP contribution in [0, 0.1) is 0 Å². The molecule has 0 amide bonds. The predicted molar refractivity (Wildman–Crippen MR) is 111 cm³/mol. The van der Waals surface area contributed by atoms with E-state index < -0.39 is 0 Å². The van der Waals surface area contributed by atoms with Gasteiger partial charge in [-0.25, -0.2) is 0 Å². The van der Waals surface area contributed by atoms with Crippen LogP contribution in [0.5, 0.6) is 5.75 Å². The first kappa shape index (κ1) is 23.5. The number of aliphatic hydroxyl groups is 1. The molecule has 0 atom stereocenters. The van der Waals surface area contributed by atoms with Crippen LogP contribution in [0.4, 0.5) is 0 Å². The molecule has 4 nitrogen and oxygen atoms in total. The van der Waals surface area contributed by atoms with E-state index >= 15 is 0 Å². The summed E-state index contributed by atoms with van der Waals surface area (Å²) < 4.78 is 11.2. The van der Waals surface area contributed by atoms with Gasteiger partial charge in [0.05, 0.1) is 13.2 Å². The number of esters is 1. The quantitative estimate of drug-likeness (QED) is 0.489. The molecular formula is C23H38O4. The molecule has 0 spiro atoms. The van der Waals surface area contributed by atoms with Crippen molar-refractivity contribution in [3.63, 3.8) is 0 Å². The van der Waals surface area contributed by atoms with Crippen LogP contribution in [-0.2, 0) is 26.8 Å². The predicted octanol–water partition coefficient (Wildman–Crippen LogP) is 4.93. The summed E-state index contributed by atoms with van der Waals surface area (Å²) in [5.74, 6) is 0.811. The first-order valence-corrected chi connectivity index (χ1v) is 10.1. The molecule has 0 heterocycles. The molecule has 0 bridgehead atoms. The van der Waals surface area contributed by atoms with E-state index in [4.69, 9.17) is 14.6 Å². The molecule has 1 aromatic rings. The van der Waals surface area contributed by atoms with Gasteiger partial charge >= 0.3 is 5.97 Å². The van der Waals surface area contributed by atoms with Crippen LogP contribution < -0.4 is 4.74 Å². The molecule has 0 aliphatic heterocycles. The Morgan fingerprint density at radius 3 is 2.00 bits per heavy atom. The zero-order valence-corrected chi connectivity index (χ0v) is 18.3. The summed E-state index contributed by atoms with van der Waals surface area (Å²) in [7, 11) is 0. The smallest absolute Gasteiger partial charge is 0.305 e. The second-order valence-corrected chi connectivity index (χ2v) is 9.10. The molecule has 1 N–H and O–H groups in total. The standard InChI is InChI=1S/C23H38O4/c1-8-26-21-18(22(2,3)4)15-17(16-19(21)23(5,6)7)11-9-12-20(25)27-14-10-13-24/h15-16,24H,8-14H2,1-7H3. The van der Waals surface area contributed by atoms with Crippen LogP contribution in [0.15, 0.2) is 12.1 Å². The molecule has 1 rings (SSSR count). The molecule has 0 aliphatic carbocycles. The lowest BCUT2D eigenvalue weighted by Gasteiger charge is -2.30. The molecule has 0 aliphatic rings. The summed E-state index contributed by atoms with van der Waals surface area (Å²) in [6, 6.07) is 4.47. The number of hydrogen-bond donors (Lipinski definition) is 1. The van der Waals surface area contributed by atoms with Gasteiger partial charge in [0.1, 0.15) is 5.75 Å². The fourth-order valence-electron chi connectivity index (χ4n) is 3.01. The van der Waals surface area contributed by atoms with Crippen molar-refractivity contribution < 1.29 is 19.4 Å². The van der Waals surface area contributed by atoms with E-state index in [2.05, 4.69) is 53.7 Å². The van der Waals surface area contributed by atoms with Crippen LogP contribution in [0.3, 0.4) is 0 Å². The molecule has 0 fully saturated rings. The zero-order chi connectivity index (χ0) is 20.7. The normalized spacial score (nSPS) is 12.1. The number of rotatable bonds is 9. The second-order valence-electron chi connectivity index (χ2n) is 9.10. The molecular weight excluding hydrogens is 340 g/mol. The molecule has 4 heteroatoms. The van der Waals surface area contributed by atoms with E-state index in [-0.39, 0.29) is 23.4 Å². The average Bonchev–Trinajstić information content (AvgIpc) is 2.54. The minimum atomic E-state index is -0.193. The Bertz CT molecular complexity index is 571. The van der Waals surface area contributed by atoms with E-state index in [0.717, 1.165) is 18.6 Å². The van der Waals surface area contributed by atoms with Gasteiger partial charge in [0.25, 0.3) is 0 Å². The summed E-state index contributed by atoms with van der Waals surface area (Å²) in [5.41, 5.74) is 3.62. The number of ether oxygens (including phenoxy) is 2. The number of carbonyl (C=O) groups excluding carboxylic acids is 1. The monoisotopic (exact) mass is 378 g/mol. The second kappa shape index (κ2) is 10.1. The summed E-state index contributed by atoms with van der Waals surface area (Å²) >= 11 is 0. The third-order valence-corrected chi connectivity index (χ3v) is 4.47. The van der Waals surface area contributed by atoms with Crippen molar-refractivity contribution in [1.29, 1.82) is 0 Å². The average molecular weight is 379 g/mol. The maximum atomic E-state index is 11.8. The molecule has 0 unspecified atom stereocenters. The van der Waals surface area contributed by atoms with Crippen molar-refractivity contribution in [2.45, 2.75) is 85.0 Å². The topological polar surface area (TPSA) is 55.8 Å². The zero-order valence-electron chi connectivity index (χ0n) is 18.3. The first-order valence-electron chi connectivity index (χ1n) is 10.1. The largest absolute Gasteiger partial charge is 0.493 e. The Labute approximate surface area is 165 Å². The first-order chi connectivity index (χ1) is 12.5. The third-order valence-electron chi connectivity index (χ3n) is 4.47. The van der Waals surface area contributed by atoms with E-state index in [0.29, 0.717) is 26.1 Å². The van der Waals surface area contributed by atoms with Crippen molar-refractivity contribution in [2.75, 3.05) is 19.8 Å². The van der Waals surface area contributed by atoms with Gasteiger partial charge in [-0.3, -0.25) is 4.79 Å². The maximum absolute atomic E-state index is 11.8. The van der Waals surface area contributed by atoms with Gasteiger partial charge in [-0.15, -0.1) is 0 Å². The Kier molecular flexibility index (Phi) is 8.80. The van der Waals surface area contributed by atoms with Crippen LogP contribution in [0.2, 0.25) is 0 Å². The lowest BCUT2D eigenvalue weighted by Crippen LogP contribution is -2.20. The number of aryl methyl sites for hydroxylation is 1. The van der Waals surface area contributed by atoms with Crippen LogP contribution in [-0.4, -0.2) is 30.9 Å². The molecule has 0 saturated heterocycles. The van der Waals surface area contributed by atoms with Crippen LogP contribution in [0.25, 0.3) is 0 Å². The Hall–Kier alpha value is -1.55. The van der Waals surface area contributed by atoms with Gasteiger partial charge in [-0.1, -0.05) is 53.7 Å². The van der Waals surface area contributed by atoms with Crippen molar-refractivity contribution >= 4 is 5.97 Å². The third kappa shape index (κ3) is 7.53. The van der Waals surface area contributed by atoms with Gasteiger partial charge in [0.15, 0.2) is 0 Å². The Morgan fingerprint density at radius 2 is 1.56 bits per heavy atom. The summed E-state index contributed by atoms with van der Waals surface area (Å²) in [4.78, 5) is 11.8. The molecule has 0 saturated carbocycles. The minimum Gasteiger partial charge on any atom is -0.493 e. The molecule has 1 aromatic carbocycles. The van der Waals surface area contributed by atoms with Gasteiger partial charge in [0, 0.05) is 30.6 Å². The van der Waals surface area contributed by atoms with Crippen molar-refractivity contribution in [2.24, 2.45) is 0 Å². The highest BCUT2D eigenvalue weighted by Crippen LogP contribution is 2.41. The lowest BCUT2D eigenvalue weighted by molar-refractivity contribution is -0.144. The highest BCUT2D eigenvalue weighted by molar-refractivity contribution is 5.69. The van der Waals surface area contributed by atoms with E-state index in [1.807, 2.05) is 6.92 Å². The van der Waals surface area contributed by atoms with Gasteiger partial charge < -0.3 is 14.6 Å². The number of benzene rings is 1. The van der Waals surface area contributed by atoms with Crippen molar-refractivity contribution in [3.05, 3.63) is 28.8 Å². The molecule has 0 radical (unpaired) electrons. The van der Waals surface area contributed by atoms with Crippen LogP contribution in [0.1, 0.15) is 84.4 Å². The van der Waals surface area contributed by atoms with Gasteiger partial charge in [-0.05, 0) is 36.2 Å². The van der Waals surface area contributed by atoms with E-state index in [1.165, 1.54) is 16.7 Å². The summed E-state index contributed by atoms with van der Waals surface area (Å²) in [6.07, 6.45) is 2.47. The Balaban J connectivity index is 3.02. The van der Waals surface area contributed by atoms with E-state index in [9.17, 15) is 4.79 Å². The minimum absolute atomic E-state index is 0.0241. The maximum Gasteiger partial charge on any atom is 0.305 e. The fourth-order valence-corrected chi connectivity index (χ4v) is 3.01. The highest BCUT2D eigenvalue weighted by Gasteiger charge is 2.27. The van der Waals surface area contributed by atoms with Crippen molar-refractivity contribution in [1.82, 2.24) is 0 Å². The van der Waals surface area contributed by atoms with E-state index in [1.54, 1.807) is 0 Å². The van der Waals surface area contributed by atoms with Gasteiger partial charge in [-0.2, -0.15) is 0 Å². The Morgan fingerprint density at radius 1 is 1.00 bits per heavy atom. The highest BCUT2D eigenvalue weighted by atomic mass is 16.5. The molecule has 0 aromatic heterocycles. The SMILES string of the molecule is CCOc1c(C(C)(C)C)cc(CCCC(=O)OCCCO)cc1C(C)(C)C. The molecule has 27 heavy (non-hydrogen) atoms.